The smallest absolute Gasteiger partial charge is 0.222 e. The molecule has 0 bridgehead atoms. The zero-order chi connectivity index (χ0) is 21.7. The molecule has 0 aliphatic carbocycles. The molecule has 0 saturated heterocycles. The number of aliphatic hydroxyl groups is 1. The van der Waals surface area contributed by atoms with Crippen molar-refractivity contribution >= 4 is 5.91 Å². The first-order chi connectivity index (χ1) is 13.0. The normalized spacial score (nSPS) is 17.4. The molecule has 3 nitrogen and oxygen atoms in total. The lowest BCUT2D eigenvalue weighted by atomic mass is 9.86. The molecular weight excluding hydrogens is 346 g/mol. The number of carbonyl (C=O) groups excluding carboxylic acids is 1. The highest BCUT2D eigenvalue weighted by Gasteiger charge is 2.31. The zero-order valence-corrected chi connectivity index (χ0v) is 20.3. The fourth-order valence-corrected chi connectivity index (χ4v) is 4.00. The van der Waals surface area contributed by atoms with E-state index < -0.39 is 5.60 Å². The Kier molecular flexibility index (Phi) is 14.1. The van der Waals surface area contributed by atoms with E-state index in [9.17, 15) is 9.90 Å². The maximum atomic E-state index is 12.0. The van der Waals surface area contributed by atoms with Gasteiger partial charge in [0, 0.05) is 5.92 Å². The Morgan fingerprint density at radius 3 is 1.75 bits per heavy atom. The summed E-state index contributed by atoms with van der Waals surface area (Å²) in [4.78, 5) is 12.0. The second kappa shape index (κ2) is 14.4. The van der Waals surface area contributed by atoms with Crippen molar-refractivity contribution in [2.24, 2.45) is 23.7 Å². The van der Waals surface area contributed by atoms with E-state index in [1.807, 2.05) is 27.7 Å². The van der Waals surface area contributed by atoms with Gasteiger partial charge in [0.25, 0.3) is 0 Å². The van der Waals surface area contributed by atoms with Gasteiger partial charge in [0.15, 0.2) is 0 Å². The molecule has 0 aliphatic heterocycles. The Balaban J connectivity index is 4.07. The summed E-state index contributed by atoms with van der Waals surface area (Å²) in [5, 5.41) is 13.9. The third-order valence-corrected chi connectivity index (χ3v) is 6.25. The first-order valence-corrected chi connectivity index (χ1v) is 12.0. The van der Waals surface area contributed by atoms with E-state index in [0.29, 0.717) is 5.92 Å². The summed E-state index contributed by atoms with van der Waals surface area (Å²) in [6, 6.07) is -0.163. The van der Waals surface area contributed by atoms with Crippen LogP contribution in [0.25, 0.3) is 0 Å². The van der Waals surface area contributed by atoms with E-state index in [1.165, 1.54) is 38.5 Å². The molecule has 4 atom stereocenters. The summed E-state index contributed by atoms with van der Waals surface area (Å²) in [5.74, 6) is 2.38. The number of rotatable bonds is 16. The van der Waals surface area contributed by atoms with Crippen molar-refractivity contribution < 1.29 is 9.90 Å². The topological polar surface area (TPSA) is 49.3 Å². The quantitative estimate of drug-likeness (QED) is 0.303. The highest BCUT2D eigenvalue weighted by atomic mass is 16.3. The molecule has 2 N–H and O–H groups in total. The number of hydrogen-bond donors (Lipinski definition) is 2. The second-order valence-corrected chi connectivity index (χ2v) is 10.3. The van der Waals surface area contributed by atoms with Crippen molar-refractivity contribution in [1.82, 2.24) is 5.32 Å². The van der Waals surface area contributed by atoms with E-state index in [-0.39, 0.29) is 17.9 Å². The van der Waals surface area contributed by atoms with Crippen LogP contribution in [-0.4, -0.2) is 22.7 Å². The van der Waals surface area contributed by atoms with Crippen LogP contribution in [0.3, 0.4) is 0 Å². The van der Waals surface area contributed by atoms with Crippen molar-refractivity contribution in [1.29, 1.82) is 0 Å². The van der Waals surface area contributed by atoms with Crippen LogP contribution in [0.2, 0.25) is 0 Å². The first kappa shape index (κ1) is 27.4. The van der Waals surface area contributed by atoms with Gasteiger partial charge in [-0.3, -0.25) is 4.79 Å². The number of amides is 1. The van der Waals surface area contributed by atoms with Crippen LogP contribution in [0, 0.1) is 23.7 Å². The molecule has 3 heteroatoms. The minimum Gasteiger partial charge on any atom is -0.388 e. The van der Waals surface area contributed by atoms with E-state index in [2.05, 4.69) is 33.0 Å². The highest BCUT2D eigenvalue weighted by Crippen LogP contribution is 2.25. The van der Waals surface area contributed by atoms with Crippen molar-refractivity contribution in [3.63, 3.8) is 0 Å². The van der Waals surface area contributed by atoms with Gasteiger partial charge in [-0.15, -0.1) is 0 Å². The predicted molar refractivity (Wildman–Crippen MR) is 122 cm³/mol. The largest absolute Gasteiger partial charge is 0.388 e. The van der Waals surface area contributed by atoms with Gasteiger partial charge in [-0.1, -0.05) is 99.8 Å². The van der Waals surface area contributed by atoms with Crippen molar-refractivity contribution in [2.45, 2.75) is 131 Å². The fourth-order valence-electron chi connectivity index (χ4n) is 4.00. The fraction of sp³-hybridized carbons (Fsp3) is 0.960. The standard InChI is InChI=1S/C25H51NO2/c1-9-23(26-24(27)20(4)5)25(8,28)18-12-17-22(7)16-11-15-21(6)14-10-13-19(2)3/h19-23,28H,9-18H2,1-8H3,(H,26,27). The summed E-state index contributed by atoms with van der Waals surface area (Å²) in [5.41, 5.74) is -0.829. The maximum absolute atomic E-state index is 12.0. The summed E-state index contributed by atoms with van der Waals surface area (Å²) in [6.45, 7) is 17.1. The molecular formula is C25H51NO2. The molecule has 0 aromatic heterocycles. The number of nitrogens with one attached hydrogen (secondary N) is 1. The Bertz CT molecular complexity index is 403. The Labute approximate surface area is 176 Å². The van der Waals surface area contributed by atoms with Gasteiger partial charge in [0.2, 0.25) is 5.91 Å². The summed E-state index contributed by atoms with van der Waals surface area (Å²) < 4.78 is 0. The van der Waals surface area contributed by atoms with Gasteiger partial charge < -0.3 is 10.4 Å². The van der Waals surface area contributed by atoms with Crippen LogP contribution in [0.1, 0.15) is 120 Å². The maximum Gasteiger partial charge on any atom is 0.222 e. The molecule has 0 heterocycles. The molecule has 0 fully saturated rings. The van der Waals surface area contributed by atoms with Crippen LogP contribution in [0.5, 0.6) is 0 Å². The van der Waals surface area contributed by atoms with Crippen LogP contribution in [0.15, 0.2) is 0 Å². The average Bonchev–Trinajstić information content (AvgIpc) is 2.58. The zero-order valence-electron chi connectivity index (χ0n) is 20.3. The third-order valence-electron chi connectivity index (χ3n) is 6.25. The van der Waals surface area contributed by atoms with E-state index in [0.717, 1.165) is 37.5 Å². The SMILES string of the molecule is CCC(NC(=O)C(C)C)C(C)(O)CCCC(C)CCCC(C)CCCC(C)C. The molecule has 0 aliphatic rings. The van der Waals surface area contributed by atoms with Crippen LogP contribution < -0.4 is 5.32 Å². The lowest BCUT2D eigenvalue weighted by molar-refractivity contribution is -0.127. The Hall–Kier alpha value is -0.570. The molecule has 168 valence electrons. The summed E-state index contributed by atoms with van der Waals surface area (Å²) >= 11 is 0. The molecule has 0 aromatic carbocycles. The van der Waals surface area contributed by atoms with Crippen molar-refractivity contribution in [3.8, 4) is 0 Å². The van der Waals surface area contributed by atoms with E-state index in [4.69, 9.17) is 0 Å². The van der Waals surface area contributed by atoms with E-state index in [1.54, 1.807) is 0 Å². The molecule has 0 spiro atoms. The third kappa shape index (κ3) is 12.8. The molecule has 0 aromatic rings. The first-order valence-electron chi connectivity index (χ1n) is 12.0. The minimum atomic E-state index is -0.829. The van der Waals surface area contributed by atoms with Gasteiger partial charge in [-0.05, 0) is 37.5 Å². The lowest BCUT2D eigenvalue weighted by Gasteiger charge is -2.34. The van der Waals surface area contributed by atoms with Gasteiger partial charge in [-0.2, -0.15) is 0 Å². The Morgan fingerprint density at radius 2 is 1.32 bits per heavy atom. The van der Waals surface area contributed by atoms with Crippen LogP contribution >= 0.6 is 0 Å². The summed E-state index contributed by atoms with van der Waals surface area (Å²) in [7, 11) is 0. The molecule has 0 rings (SSSR count). The summed E-state index contributed by atoms with van der Waals surface area (Å²) in [6.07, 6.45) is 11.7. The number of hydrogen-bond acceptors (Lipinski definition) is 2. The molecule has 4 unspecified atom stereocenters. The van der Waals surface area contributed by atoms with Gasteiger partial charge in [0.1, 0.15) is 0 Å². The second-order valence-electron chi connectivity index (χ2n) is 10.3. The van der Waals surface area contributed by atoms with Gasteiger partial charge in [-0.25, -0.2) is 0 Å². The van der Waals surface area contributed by atoms with Crippen LogP contribution in [-0.2, 0) is 4.79 Å². The molecule has 0 radical (unpaired) electrons. The Morgan fingerprint density at radius 1 is 0.857 bits per heavy atom. The molecule has 1 amide bonds. The average molecular weight is 398 g/mol. The monoisotopic (exact) mass is 397 g/mol. The predicted octanol–water partition coefficient (Wildman–Crippen LogP) is 6.73. The molecule has 28 heavy (non-hydrogen) atoms. The lowest BCUT2D eigenvalue weighted by Crippen LogP contribution is -2.51. The highest BCUT2D eigenvalue weighted by molar-refractivity contribution is 5.78. The van der Waals surface area contributed by atoms with Crippen LogP contribution in [0.4, 0.5) is 0 Å². The van der Waals surface area contributed by atoms with Gasteiger partial charge in [0.05, 0.1) is 11.6 Å². The minimum absolute atomic E-state index is 0.0306. The van der Waals surface area contributed by atoms with Crippen molar-refractivity contribution in [2.75, 3.05) is 0 Å². The van der Waals surface area contributed by atoms with E-state index >= 15 is 0 Å². The number of carbonyl (C=O) groups is 1. The van der Waals surface area contributed by atoms with Crippen molar-refractivity contribution in [3.05, 3.63) is 0 Å². The van der Waals surface area contributed by atoms with Gasteiger partial charge >= 0.3 is 0 Å². The molecule has 0 saturated carbocycles.